The molecule has 0 bridgehead atoms. The van der Waals surface area contributed by atoms with Gasteiger partial charge in [-0.05, 0) is 12.1 Å². The van der Waals surface area contributed by atoms with E-state index in [4.69, 9.17) is 10.5 Å². The van der Waals surface area contributed by atoms with Gasteiger partial charge in [-0.3, -0.25) is 0 Å². The summed E-state index contributed by atoms with van der Waals surface area (Å²) in [5.74, 6) is 1.50. The molecule has 6 nitrogen and oxygen atoms in total. The molecule has 2 N–H and O–H groups in total. The summed E-state index contributed by atoms with van der Waals surface area (Å²) < 4.78 is 5.37. The van der Waals surface area contributed by atoms with Gasteiger partial charge < -0.3 is 20.3 Å². The SMILES string of the molecule is CN(c1ccccc1)c1ncnc(N2CCOCC2)c1N. The number of hydrogen-bond acceptors (Lipinski definition) is 6. The second-order valence-electron chi connectivity index (χ2n) is 4.93. The molecule has 110 valence electrons. The van der Waals surface area contributed by atoms with Crippen molar-refractivity contribution in [3.8, 4) is 0 Å². The number of ether oxygens (including phenoxy) is 1. The molecule has 2 aromatic rings. The van der Waals surface area contributed by atoms with Gasteiger partial charge in [-0.2, -0.15) is 0 Å². The molecule has 1 saturated heterocycles. The molecule has 1 aromatic heterocycles. The fourth-order valence-corrected chi connectivity index (χ4v) is 2.45. The number of anilines is 4. The lowest BCUT2D eigenvalue weighted by Gasteiger charge is -2.30. The zero-order chi connectivity index (χ0) is 14.7. The third kappa shape index (κ3) is 2.75. The zero-order valence-electron chi connectivity index (χ0n) is 12.1. The number of hydrogen-bond donors (Lipinski definition) is 1. The van der Waals surface area contributed by atoms with Crippen LogP contribution in [0.15, 0.2) is 36.7 Å². The van der Waals surface area contributed by atoms with E-state index < -0.39 is 0 Å². The van der Waals surface area contributed by atoms with Crippen molar-refractivity contribution in [3.63, 3.8) is 0 Å². The van der Waals surface area contributed by atoms with Crippen molar-refractivity contribution in [1.29, 1.82) is 0 Å². The van der Waals surface area contributed by atoms with Crippen LogP contribution in [0.5, 0.6) is 0 Å². The Kier molecular flexibility index (Phi) is 3.87. The normalized spacial score (nSPS) is 15.0. The van der Waals surface area contributed by atoms with Gasteiger partial charge in [-0.15, -0.1) is 0 Å². The minimum atomic E-state index is 0.603. The van der Waals surface area contributed by atoms with Gasteiger partial charge >= 0.3 is 0 Å². The monoisotopic (exact) mass is 285 g/mol. The molecule has 0 amide bonds. The average Bonchev–Trinajstić information content (AvgIpc) is 2.56. The Hall–Kier alpha value is -2.34. The molecule has 0 aliphatic carbocycles. The summed E-state index contributed by atoms with van der Waals surface area (Å²) in [6, 6.07) is 10.0. The summed E-state index contributed by atoms with van der Waals surface area (Å²) in [5, 5.41) is 0. The van der Waals surface area contributed by atoms with Gasteiger partial charge in [0.25, 0.3) is 0 Å². The Morgan fingerprint density at radius 1 is 1.14 bits per heavy atom. The molecular weight excluding hydrogens is 266 g/mol. The maximum atomic E-state index is 6.30. The quantitative estimate of drug-likeness (QED) is 0.925. The number of rotatable bonds is 3. The van der Waals surface area contributed by atoms with Crippen LogP contribution in [0.4, 0.5) is 23.0 Å². The van der Waals surface area contributed by atoms with E-state index in [0.717, 1.165) is 30.4 Å². The van der Waals surface area contributed by atoms with Gasteiger partial charge in [-0.25, -0.2) is 9.97 Å². The van der Waals surface area contributed by atoms with Crippen LogP contribution in [-0.2, 0) is 4.74 Å². The fourth-order valence-electron chi connectivity index (χ4n) is 2.45. The molecule has 0 radical (unpaired) electrons. The molecule has 0 spiro atoms. The van der Waals surface area contributed by atoms with E-state index in [1.807, 2.05) is 42.3 Å². The highest BCUT2D eigenvalue weighted by atomic mass is 16.5. The Bertz CT molecular complexity index is 598. The van der Waals surface area contributed by atoms with Crippen molar-refractivity contribution >= 4 is 23.0 Å². The molecule has 6 heteroatoms. The smallest absolute Gasteiger partial charge is 0.161 e. The number of aromatic nitrogens is 2. The lowest BCUT2D eigenvalue weighted by atomic mass is 10.3. The Labute approximate surface area is 124 Å². The van der Waals surface area contributed by atoms with Crippen LogP contribution in [0, 0.1) is 0 Å². The number of nitrogens with two attached hydrogens (primary N) is 1. The average molecular weight is 285 g/mol. The number of nitrogens with zero attached hydrogens (tertiary/aromatic N) is 4. The van der Waals surface area contributed by atoms with E-state index in [1.54, 1.807) is 6.33 Å². The fraction of sp³-hybridized carbons (Fsp3) is 0.333. The van der Waals surface area contributed by atoms with E-state index in [1.165, 1.54) is 0 Å². The summed E-state index contributed by atoms with van der Waals surface area (Å²) in [7, 11) is 1.96. The first-order valence-electron chi connectivity index (χ1n) is 6.99. The predicted octanol–water partition coefficient (Wildman–Crippen LogP) is 1.66. The Morgan fingerprint density at radius 2 is 1.86 bits per heavy atom. The Morgan fingerprint density at radius 3 is 2.57 bits per heavy atom. The Balaban J connectivity index is 1.92. The predicted molar refractivity (Wildman–Crippen MR) is 84.0 cm³/mol. The van der Waals surface area contributed by atoms with E-state index >= 15 is 0 Å². The van der Waals surface area contributed by atoms with Crippen LogP contribution in [0.2, 0.25) is 0 Å². The molecule has 0 saturated carbocycles. The van der Waals surface area contributed by atoms with Crippen molar-refractivity contribution < 1.29 is 4.74 Å². The van der Waals surface area contributed by atoms with Crippen LogP contribution in [0.25, 0.3) is 0 Å². The topological polar surface area (TPSA) is 67.5 Å². The zero-order valence-corrected chi connectivity index (χ0v) is 12.1. The number of nitrogen functional groups attached to an aromatic ring is 1. The lowest BCUT2D eigenvalue weighted by Crippen LogP contribution is -2.37. The van der Waals surface area contributed by atoms with Crippen molar-refractivity contribution in [2.75, 3.05) is 48.9 Å². The molecule has 3 rings (SSSR count). The minimum Gasteiger partial charge on any atom is -0.393 e. The van der Waals surface area contributed by atoms with E-state index in [9.17, 15) is 0 Å². The van der Waals surface area contributed by atoms with Crippen LogP contribution in [0.3, 0.4) is 0 Å². The summed E-state index contributed by atoms with van der Waals surface area (Å²) >= 11 is 0. The standard InChI is InChI=1S/C15H19N5O/c1-19(12-5-3-2-4-6-12)14-13(16)15(18-11-17-14)20-7-9-21-10-8-20/h2-6,11H,7-10,16H2,1H3. The van der Waals surface area contributed by atoms with E-state index in [2.05, 4.69) is 14.9 Å². The van der Waals surface area contributed by atoms with Gasteiger partial charge in [0, 0.05) is 25.8 Å². The second kappa shape index (κ2) is 5.97. The maximum absolute atomic E-state index is 6.30. The van der Waals surface area contributed by atoms with Gasteiger partial charge in [0.05, 0.1) is 13.2 Å². The van der Waals surface area contributed by atoms with Crippen molar-refractivity contribution in [3.05, 3.63) is 36.7 Å². The molecule has 1 aromatic carbocycles. The molecule has 21 heavy (non-hydrogen) atoms. The highest BCUT2D eigenvalue weighted by Gasteiger charge is 2.19. The highest BCUT2D eigenvalue weighted by molar-refractivity contribution is 5.79. The minimum absolute atomic E-state index is 0.603. The number of morpholine rings is 1. The highest BCUT2D eigenvalue weighted by Crippen LogP contribution is 2.32. The summed E-state index contributed by atoms with van der Waals surface area (Å²) in [6.45, 7) is 3.01. The van der Waals surface area contributed by atoms with Crippen molar-refractivity contribution in [2.45, 2.75) is 0 Å². The maximum Gasteiger partial charge on any atom is 0.161 e. The molecule has 1 aliphatic heterocycles. The van der Waals surface area contributed by atoms with Crippen LogP contribution >= 0.6 is 0 Å². The largest absolute Gasteiger partial charge is 0.393 e. The molecule has 2 heterocycles. The van der Waals surface area contributed by atoms with Gasteiger partial charge in [-0.1, -0.05) is 18.2 Å². The van der Waals surface area contributed by atoms with Crippen LogP contribution in [0.1, 0.15) is 0 Å². The molecule has 0 unspecified atom stereocenters. The molecule has 1 fully saturated rings. The molecular formula is C15H19N5O. The number of para-hydroxylation sites is 1. The van der Waals surface area contributed by atoms with Crippen molar-refractivity contribution in [2.24, 2.45) is 0 Å². The summed E-state index contributed by atoms with van der Waals surface area (Å²) in [5.41, 5.74) is 7.94. The first kappa shape index (κ1) is 13.6. The van der Waals surface area contributed by atoms with Gasteiger partial charge in [0.1, 0.15) is 12.0 Å². The van der Waals surface area contributed by atoms with E-state index in [-0.39, 0.29) is 0 Å². The third-order valence-corrected chi connectivity index (χ3v) is 3.61. The molecule has 0 atom stereocenters. The first-order chi connectivity index (χ1) is 10.3. The molecule has 1 aliphatic rings. The first-order valence-corrected chi connectivity index (χ1v) is 6.99. The van der Waals surface area contributed by atoms with Crippen molar-refractivity contribution in [1.82, 2.24) is 9.97 Å². The van der Waals surface area contributed by atoms with Gasteiger partial charge in [0.15, 0.2) is 11.6 Å². The summed E-state index contributed by atoms with van der Waals surface area (Å²) in [6.07, 6.45) is 1.57. The van der Waals surface area contributed by atoms with E-state index in [0.29, 0.717) is 18.9 Å². The second-order valence-corrected chi connectivity index (χ2v) is 4.93. The van der Waals surface area contributed by atoms with Gasteiger partial charge in [0.2, 0.25) is 0 Å². The number of benzene rings is 1. The van der Waals surface area contributed by atoms with Crippen LogP contribution < -0.4 is 15.5 Å². The third-order valence-electron chi connectivity index (χ3n) is 3.61. The lowest BCUT2D eigenvalue weighted by molar-refractivity contribution is 0.122. The van der Waals surface area contributed by atoms with Crippen LogP contribution in [-0.4, -0.2) is 43.3 Å². The summed E-state index contributed by atoms with van der Waals surface area (Å²) in [4.78, 5) is 12.8.